The Labute approximate surface area is 251 Å². The number of ketones is 1. The van der Waals surface area contributed by atoms with Crippen molar-refractivity contribution >= 4 is 34.4 Å². The second kappa shape index (κ2) is 11.9. The van der Waals surface area contributed by atoms with Gasteiger partial charge in [-0.05, 0) is 76.4 Å². The van der Waals surface area contributed by atoms with Crippen molar-refractivity contribution < 1.29 is 14.7 Å². The van der Waals surface area contributed by atoms with Crippen LogP contribution in [-0.4, -0.2) is 26.8 Å². The van der Waals surface area contributed by atoms with Gasteiger partial charge in [-0.1, -0.05) is 94.2 Å². The molecule has 0 fully saturated rings. The number of carboxylic acids is 1. The second-order valence-electron chi connectivity index (χ2n) is 11.8. The third-order valence-corrected chi connectivity index (χ3v) is 8.02. The molecule has 1 atom stereocenters. The summed E-state index contributed by atoms with van der Waals surface area (Å²) in [7, 11) is 0. The molecule has 0 spiro atoms. The first-order valence-corrected chi connectivity index (χ1v) is 14.7. The number of aromatic amines is 1. The SMILES string of the molecule is CCC[C@@H](CC(=O)c1ccc(-c2cc(Cl)ccc2-c2nc3ccc(C(C)(C)C)cc3[nH]2)c(C(=O)O)c1)c1ccccc1. The number of imidazole rings is 1. The normalized spacial score (nSPS) is 12.4. The number of carbonyl (C=O) groups is 2. The summed E-state index contributed by atoms with van der Waals surface area (Å²) >= 11 is 6.43. The molecular weight excluding hydrogens is 544 g/mol. The van der Waals surface area contributed by atoms with Crippen LogP contribution in [0.4, 0.5) is 0 Å². The smallest absolute Gasteiger partial charge is 0.336 e. The first-order chi connectivity index (χ1) is 20.0. The van der Waals surface area contributed by atoms with Crippen molar-refractivity contribution in [1.82, 2.24) is 9.97 Å². The van der Waals surface area contributed by atoms with E-state index in [0.717, 1.165) is 35.0 Å². The fraction of sp³-hybridized carbons (Fsp3) is 0.250. The standard InChI is InChI=1S/C36H35ClN2O3/c1-5-9-23(22-10-7-6-8-11-22)19-33(40)24-12-15-27(30(18-24)35(41)42)29-21-26(37)14-16-28(29)34-38-31-17-13-25(36(2,3)4)20-32(31)39-34/h6-8,10-18,20-21,23H,5,9,19H2,1-4H3,(H,38,39)(H,41,42)/t23-/m0/s1. The number of hydrogen-bond donors (Lipinski definition) is 2. The predicted molar refractivity (Wildman–Crippen MR) is 171 cm³/mol. The summed E-state index contributed by atoms with van der Waals surface area (Å²) in [6.07, 6.45) is 2.14. The van der Waals surface area contributed by atoms with Crippen LogP contribution in [0.2, 0.25) is 5.02 Å². The first kappa shape index (κ1) is 29.3. The lowest BCUT2D eigenvalue weighted by atomic mass is 9.87. The number of aromatic carboxylic acids is 1. The molecule has 0 radical (unpaired) electrons. The van der Waals surface area contributed by atoms with Crippen LogP contribution in [0.5, 0.6) is 0 Å². The molecule has 0 saturated heterocycles. The van der Waals surface area contributed by atoms with Gasteiger partial charge in [0.25, 0.3) is 0 Å². The van der Waals surface area contributed by atoms with Crippen LogP contribution in [0.25, 0.3) is 33.5 Å². The Hall–Kier alpha value is -4.22. The molecule has 0 aliphatic rings. The molecule has 4 aromatic carbocycles. The van der Waals surface area contributed by atoms with Gasteiger partial charge in [-0.2, -0.15) is 0 Å². The van der Waals surface area contributed by atoms with Crippen molar-refractivity contribution in [3.05, 3.63) is 112 Å². The molecule has 0 amide bonds. The topological polar surface area (TPSA) is 83.0 Å². The number of carbonyl (C=O) groups excluding carboxylic acids is 1. The maximum absolute atomic E-state index is 13.4. The molecule has 214 valence electrons. The molecule has 0 saturated carbocycles. The van der Waals surface area contributed by atoms with Crippen molar-refractivity contribution in [2.24, 2.45) is 0 Å². The van der Waals surface area contributed by atoms with Crippen LogP contribution in [0.1, 0.15) is 84.7 Å². The number of hydrogen-bond acceptors (Lipinski definition) is 3. The van der Waals surface area contributed by atoms with Crippen LogP contribution < -0.4 is 0 Å². The number of carboxylic acid groups (broad SMARTS) is 1. The van der Waals surface area contributed by atoms with E-state index in [0.29, 0.717) is 34.0 Å². The highest BCUT2D eigenvalue weighted by Crippen LogP contribution is 2.37. The maximum atomic E-state index is 13.4. The van der Waals surface area contributed by atoms with Gasteiger partial charge in [0.1, 0.15) is 5.82 Å². The monoisotopic (exact) mass is 578 g/mol. The number of H-pyrrole nitrogens is 1. The van der Waals surface area contributed by atoms with Crippen molar-refractivity contribution in [1.29, 1.82) is 0 Å². The number of fused-ring (bicyclic) bond motifs is 1. The molecule has 0 unspecified atom stereocenters. The van der Waals surface area contributed by atoms with Gasteiger partial charge in [-0.25, -0.2) is 9.78 Å². The quantitative estimate of drug-likeness (QED) is 0.170. The predicted octanol–water partition coefficient (Wildman–Crippen LogP) is 9.70. The number of benzene rings is 4. The fourth-order valence-electron chi connectivity index (χ4n) is 5.48. The van der Waals surface area contributed by atoms with Crippen LogP contribution in [0, 0.1) is 0 Å². The van der Waals surface area contributed by atoms with Crippen LogP contribution in [-0.2, 0) is 5.41 Å². The van der Waals surface area contributed by atoms with Crippen LogP contribution in [0.15, 0.2) is 84.9 Å². The number of nitrogens with one attached hydrogen (secondary N) is 1. The molecular formula is C36H35ClN2O3. The Balaban J connectivity index is 1.54. The lowest BCUT2D eigenvalue weighted by Crippen LogP contribution is -2.10. The third-order valence-electron chi connectivity index (χ3n) is 7.79. The van der Waals surface area contributed by atoms with Gasteiger partial charge in [-0.15, -0.1) is 0 Å². The Bertz CT molecular complexity index is 1770. The number of aromatic nitrogens is 2. The fourth-order valence-corrected chi connectivity index (χ4v) is 5.65. The highest BCUT2D eigenvalue weighted by Gasteiger charge is 2.22. The molecule has 1 heterocycles. The number of nitrogens with zero attached hydrogens (tertiary/aromatic N) is 1. The van der Waals surface area contributed by atoms with Crippen molar-refractivity contribution in [3.63, 3.8) is 0 Å². The summed E-state index contributed by atoms with van der Waals surface area (Å²) in [4.78, 5) is 34.2. The molecule has 6 heteroatoms. The summed E-state index contributed by atoms with van der Waals surface area (Å²) in [6, 6.07) is 26.5. The summed E-state index contributed by atoms with van der Waals surface area (Å²) in [5, 5.41) is 10.7. The summed E-state index contributed by atoms with van der Waals surface area (Å²) in [5.41, 5.74) is 6.26. The number of Topliss-reactive ketones (excluding diaryl/α,β-unsaturated/α-hetero) is 1. The van der Waals surface area contributed by atoms with Crippen LogP contribution >= 0.6 is 11.6 Å². The van der Waals surface area contributed by atoms with E-state index in [-0.39, 0.29) is 22.7 Å². The van der Waals surface area contributed by atoms with E-state index in [2.05, 4.69) is 44.8 Å². The highest BCUT2D eigenvalue weighted by atomic mass is 35.5. The van der Waals surface area contributed by atoms with Crippen molar-refractivity contribution in [2.45, 2.75) is 58.3 Å². The maximum Gasteiger partial charge on any atom is 0.336 e. The third kappa shape index (κ3) is 6.17. The zero-order valence-corrected chi connectivity index (χ0v) is 25.1. The minimum absolute atomic E-state index is 0.0158. The minimum atomic E-state index is -1.11. The molecule has 0 aliphatic carbocycles. The average molecular weight is 579 g/mol. The highest BCUT2D eigenvalue weighted by molar-refractivity contribution is 6.31. The summed E-state index contributed by atoms with van der Waals surface area (Å²) in [5.74, 6) is -0.504. The Morgan fingerprint density at radius 2 is 1.64 bits per heavy atom. The molecule has 2 N–H and O–H groups in total. The summed E-state index contributed by atoms with van der Waals surface area (Å²) in [6.45, 7) is 8.59. The lowest BCUT2D eigenvalue weighted by molar-refractivity contribution is 0.0697. The number of rotatable bonds is 9. The van der Waals surface area contributed by atoms with Gasteiger partial charge in [0, 0.05) is 22.6 Å². The van der Waals surface area contributed by atoms with E-state index in [4.69, 9.17) is 16.6 Å². The van der Waals surface area contributed by atoms with Crippen molar-refractivity contribution in [2.75, 3.05) is 0 Å². The van der Waals surface area contributed by atoms with Crippen LogP contribution in [0.3, 0.4) is 0 Å². The van der Waals surface area contributed by atoms with E-state index in [1.165, 1.54) is 11.6 Å². The molecule has 1 aromatic heterocycles. The molecule has 5 nitrogen and oxygen atoms in total. The molecule has 0 bridgehead atoms. The van der Waals surface area contributed by atoms with Gasteiger partial charge in [0.05, 0.1) is 16.6 Å². The Kier molecular flexibility index (Phi) is 8.33. The van der Waals surface area contributed by atoms with E-state index in [1.807, 2.05) is 42.5 Å². The van der Waals surface area contributed by atoms with Gasteiger partial charge < -0.3 is 10.1 Å². The van der Waals surface area contributed by atoms with Gasteiger partial charge in [0.15, 0.2) is 5.78 Å². The lowest BCUT2D eigenvalue weighted by Gasteiger charge is -2.18. The average Bonchev–Trinajstić information content (AvgIpc) is 3.40. The minimum Gasteiger partial charge on any atom is -0.478 e. The summed E-state index contributed by atoms with van der Waals surface area (Å²) < 4.78 is 0. The molecule has 0 aliphatic heterocycles. The van der Waals surface area contributed by atoms with Crippen molar-refractivity contribution in [3.8, 4) is 22.5 Å². The van der Waals surface area contributed by atoms with E-state index < -0.39 is 5.97 Å². The van der Waals surface area contributed by atoms with E-state index in [1.54, 1.807) is 24.3 Å². The largest absolute Gasteiger partial charge is 0.478 e. The van der Waals surface area contributed by atoms with Gasteiger partial charge >= 0.3 is 5.97 Å². The van der Waals surface area contributed by atoms with E-state index >= 15 is 0 Å². The van der Waals surface area contributed by atoms with Gasteiger partial charge in [0.2, 0.25) is 0 Å². The van der Waals surface area contributed by atoms with Gasteiger partial charge in [-0.3, -0.25) is 4.79 Å². The first-order valence-electron chi connectivity index (χ1n) is 14.3. The molecule has 5 aromatic rings. The number of halogens is 1. The zero-order valence-electron chi connectivity index (χ0n) is 24.4. The molecule has 42 heavy (non-hydrogen) atoms. The Morgan fingerprint density at radius 3 is 2.33 bits per heavy atom. The van der Waals surface area contributed by atoms with E-state index in [9.17, 15) is 14.7 Å². The molecule has 5 rings (SSSR count). The Morgan fingerprint density at radius 1 is 0.905 bits per heavy atom. The second-order valence-corrected chi connectivity index (χ2v) is 12.3. The zero-order chi connectivity index (χ0) is 30.0.